The summed E-state index contributed by atoms with van der Waals surface area (Å²) in [5.74, 6) is 0.178. The molecule has 0 aliphatic carbocycles. The third-order valence-corrected chi connectivity index (χ3v) is 3.82. The van der Waals surface area contributed by atoms with Crippen molar-refractivity contribution in [1.82, 2.24) is 31.1 Å². The second kappa shape index (κ2) is 8.02. The monoisotopic (exact) mass is 358 g/mol. The summed E-state index contributed by atoms with van der Waals surface area (Å²) in [5, 5.41) is 13.4. The van der Waals surface area contributed by atoms with Gasteiger partial charge in [0.15, 0.2) is 6.61 Å². The van der Waals surface area contributed by atoms with E-state index in [1.54, 1.807) is 17.5 Å². The van der Waals surface area contributed by atoms with E-state index in [-0.39, 0.29) is 19.1 Å². The fourth-order valence-corrected chi connectivity index (χ4v) is 2.45. The van der Waals surface area contributed by atoms with Crippen LogP contribution in [-0.4, -0.2) is 32.0 Å². The Morgan fingerprint density at radius 1 is 1.12 bits per heavy atom. The lowest BCUT2D eigenvalue weighted by atomic mass is 10.3. The molecule has 0 fully saturated rings. The molecule has 0 atom stereocenters. The van der Waals surface area contributed by atoms with E-state index in [1.165, 1.54) is 11.3 Å². The summed E-state index contributed by atoms with van der Waals surface area (Å²) in [7, 11) is 0. The van der Waals surface area contributed by atoms with E-state index in [0.717, 1.165) is 4.80 Å². The number of hydrogen-bond donors (Lipinski definition) is 2. The molecule has 0 aliphatic heterocycles. The third-order valence-electron chi connectivity index (χ3n) is 2.95. The smallest absolute Gasteiger partial charge is 0.279 e. The van der Waals surface area contributed by atoms with Crippen LogP contribution >= 0.6 is 11.3 Å². The molecule has 128 valence electrons. The zero-order valence-electron chi connectivity index (χ0n) is 13.0. The number of hydrogen-bond acceptors (Lipinski definition) is 7. The summed E-state index contributed by atoms with van der Waals surface area (Å²) in [6.45, 7) is -0.0379. The lowest BCUT2D eigenvalue weighted by molar-refractivity contribution is -0.122. The molecule has 0 saturated carbocycles. The van der Waals surface area contributed by atoms with E-state index in [2.05, 4.69) is 26.3 Å². The number of nitrogens with one attached hydrogen (secondary N) is 2. The number of rotatable bonds is 6. The maximum absolute atomic E-state index is 11.8. The summed E-state index contributed by atoms with van der Waals surface area (Å²) in [6.07, 6.45) is 0. The van der Waals surface area contributed by atoms with Crippen molar-refractivity contribution in [2.24, 2.45) is 0 Å². The van der Waals surface area contributed by atoms with Crippen LogP contribution in [0.2, 0.25) is 0 Å². The minimum atomic E-state index is -0.474. The SMILES string of the molecule is O=C(Cn1nnc(COc2ccccc2)n1)NNC(=O)c1cccs1. The zero-order valence-corrected chi connectivity index (χ0v) is 13.8. The number of ether oxygens (including phenoxy) is 1. The van der Waals surface area contributed by atoms with E-state index in [9.17, 15) is 9.59 Å². The fraction of sp³-hybridized carbons (Fsp3) is 0.133. The Labute approximate surface area is 146 Å². The number of benzene rings is 1. The molecule has 2 amide bonds. The second-order valence-corrected chi connectivity index (χ2v) is 5.77. The molecule has 0 unspecified atom stereocenters. The number of nitrogens with zero attached hydrogens (tertiary/aromatic N) is 4. The predicted molar refractivity (Wildman–Crippen MR) is 88.5 cm³/mol. The minimum absolute atomic E-state index is 0.140. The van der Waals surface area contributed by atoms with Crippen LogP contribution in [0.25, 0.3) is 0 Å². The highest BCUT2D eigenvalue weighted by atomic mass is 32.1. The van der Waals surface area contributed by atoms with Crippen molar-refractivity contribution in [3.63, 3.8) is 0 Å². The van der Waals surface area contributed by atoms with Crippen LogP contribution in [0.5, 0.6) is 5.75 Å². The Kier molecular flexibility index (Phi) is 5.32. The standard InChI is InChI=1S/C15H14N6O3S/c22-14(17-18-15(23)12-7-4-8-25-12)9-21-19-13(16-20-21)10-24-11-5-2-1-3-6-11/h1-8H,9-10H2,(H,17,22)(H,18,23). The first kappa shape index (κ1) is 16.6. The minimum Gasteiger partial charge on any atom is -0.485 e. The largest absolute Gasteiger partial charge is 0.485 e. The topological polar surface area (TPSA) is 111 Å². The number of hydrazine groups is 1. The Balaban J connectivity index is 1.44. The van der Waals surface area contributed by atoms with Gasteiger partial charge in [0, 0.05) is 0 Å². The predicted octanol–water partition coefficient (Wildman–Crippen LogP) is 0.775. The van der Waals surface area contributed by atoms with Crippen LogP contribution in [0.4, 0.5) is 0 Å². The molecule has 25 heavy (non-hydrogen) atoms. The fourth-order valence-electron chi connectivity index (χ4n) is 1.83. The van der Waals surface area contributed by atoms with Crippen LogP contribution in [0.3, 0.4) is 0 Å². The second-order valence-electron chi connectivity index (χ2n) is 4.82. The van der Waals surface area contributed by atoms with Crippen molar-refractivity contribution < 1.29 is 14.3 Å². The Hall–Kier alpha value is -3.27. The van der Waals surface area contributed by atoms with Gasteiger partial charge in [0.25, 0.3) is 11.8 Å². The first-order valence-electron chi connectivity index (χ1n) is 7.28. The van der Waals surface area contributed by atoms with Gasteiger partial charge in [-0.2, -0.15) is 4.80 Å². The molecular formula is C15H14N6O3S. The summed E-state index contributed by atoms with van der Waals surface area (Å²) >= 11 is 1.28. The first-order chi connectivity index (χ1) is 12.2. The number of tetrazole rings is 1. The average molecular weight is 358 g/mol. The van der Waals surface area contributed by atoms with E-state index >= 15 is 0 Å². The van der Waals surface area contributed by atoms with Gasteiger partial charge in [0.2, 0.25) is 5.82 Å². The van der Waals surface area contributed by atoms with Crippen LogP contribution < -0.4 is 15.6 Å². The van der Waals surface area contributed by atoms with Crippen LogP contribution in [-0.2, 0) is 17.9 Å². The Morgan fingerprint density at radius 3 is 2.72 bits per heavy atom. The van der Waals surface area contributed by atoms with Gasteiger partial charge in [-0.05, 0) is 28.8 Å². The quantitative estimate of drug-likeness (QED) is 0.630. The molecule has 0 bridgehead atoms. The number of para-hydroxylation sites is 1. The number of aromatic nitrogens is 4. The van der Waals surface area contributed by atoms with Gasteiger partial charge in [-0.25, -0.2) is 0 Å². The first-order valence-corrected chi connectivity index (χ1v) is 8.16. The van der Waals surface area contributed by atoms with Crippen molar-refractivity contribution in [3.8, 4) is 5.75 Å². The molecule has 3 rings (SSSR count). The summed E-state index contributed by atoms with van der Waals surface area (Å²) in [5.41, 5.74) is 4.61. The van der Waals surface area contributed by atoms with Gasteiger partial charge < -0.3 is 4.74 Å². The molecule has 2 heterocycles. The van der Waals surface area contributed by atoms with E-state index in [1.807, 2.05) is 30.3 Å². The molecule has 3 aromatic rings. The van der Waals surface area contributed by atoms with Crippen molar-refractivity contribution in [2.75, 3.05) is 0 Å². The zero-order chi connectivity index (χ0) is 17.5. The van der Waals surface area contributed by atoms with Gasteiger partial charge in [-0.1, -0.05) is 24.3 Å². The molecule has 0 aliphatic rings. The van der Waals surface area contributed by atoms with Crippen molar-refractivity contribution in [2.45, 2.75) is 13.2 Å². The Bertz CT molecular complexity index is 834. The molecule has 1 aromatic carbocycles. The molecular weight excluding hydrogens is 344 g/mol. The highest BCUT2D eigenvalue weighted by Gasteiger charge is 2.10. The van der Waals surface area contributed by atoms with Gasteiger partial charge in [0.1, 0.15) is 12.3 Å². The highest BCUT2D eigenvalue weighted by molar-refractivity contribution is 7.12. The number of thiophene rings is 1. The highest BCUT2D eigenvalue weighted by Crippen LogP contribution is 2.09. The van der Waals surface area contributed by atoms with Gasteiger partial charge >= 0.3 is 0 Å². The van der Waals surface area contributed by atoms with Crippen LogP contribution in [0.15, 0.2) is 47.8 Å². The van der Waals surface area contributed by atoms with Crippen molar-refractivity contribution in [1.29, 1.82) is 0 Å². The normalized spacial score (nSPS) is 10.2. The summed E-state index contributed by atoms with van der Waals surface area (Å²) in [4.78, 5) is 25.1. The van der Waals surface area contributed by atoms with Crippen LogP contribution in [0, 0.1) is 0 Å². The van der Waals surface area contributed by atoms with E-state index in [4.69, 9.17) is 4.74 Å². The van der Waals surface area contributed by atoms with Gasteiger partial charge in [0.05, 0.1) is 4.88 Å². The molecule has 0 spiro atoms. The lowest BCUT2D eigenvalue weighted by Crippen LogP contribution is -2.43. The van der Waals surface area contributed by atoms with E-state index in [0.29, 0.717) is 16.5 Å². The maximum atomic E-state index is 11.8. The molecule has 2 aromatic heterocycles. The molecule has 10 heteroatoms. The Morgan fingerprint density at radius 2 is 1.96 bits per heavy atom. The molecule has 9 nitrogen and oxygen atoms in total. The van der Waals surface area contributed by atoms with Crippen molar-refractivity contribution >= 4 is 23.2 Å². The number of carbonyl (C=O) groups is 2. The molecule has 2 N–H and O–H groups in total. The summed E-state index contributed by atoms with van der Waals surface area (Å²) in [6, 6.07) is 12.6. The summed E-state index contributed by atoms with van der Waals surface area (Å²) < 4.78 is 5.50. The van der Waals surface area contributed by atoms with Gasteiger partial charge in [-0.15, -0.1) is 21.5 Å². The maximum Gasteiger partial charge on any atom is 0.279 e. The van der Waals surface area contributed by atoms with Crippen LogP contribution in [0.1, 0.15) is 15.5 Å². The number of amides is 2. The third kappa shape index (κ3) is 4.85. The number of carbonyl (C=O) groups excluding carboxylic acids is 2. The van der Waals surface area contributed by atoms with Crippen molar-refractivity contribution in [3.05, 3.63) is 58.5 Å². The lowest BCUT2D eigenvalue weighted by Gasteiger charge is -2.05. The molecule has 0 saturated heterocycles. The van der Waals surface area contributed by atoms with Gasteiger partial charge in [-0.3, -0.25) is 20.4 Å². The average Bonchev–Trinajstić information content (AvgIpc) is 3.31. The van der Waals surface area contributed by atoms with E-state index < -0.39 is 5.91 Å². The molecule has 0 radical (unpaired) electrons.